The van der Waals surface area contributed by atoms with Crippen LogP contribution in [-0.4, -0.2) is 17.0 Å². The molecule has 146 valence electrons. The summed E-state index contributed by atoms with van der Waals surface area (Å²) in [6.45, 7) is 1.64. The number of anilines is 2. The number of aromatic nitrogens is 1. The molecule has 0 saturated carbocycles. The van der Waals surface area contributed by atoms with Crippen molar-refractivity contribution < 1.29 is 9.21 Å². The molecule has 0 saturated heterocycles. The minimum atomic E-state index is -0.532. The van der Waals surface area contributed by atoms with E-state index < -0.39 is 5.76 Å². The quantitative estimate of drug-likeness (QED) is 0.560. The van der Waals surface area contributed by atoms with Gasteiger partial charge in [-0.1, -0.05) is 24.3 Å². The predicted molar refractivity (Wildman–Crippen MR) is 115 cm³/mol. The average molecular weight is 405 g/mol. The standard InChI is InChI=1S/C22H19N3O3S/c26-21(14-25-18-7-3-4-8-19(18)28-22(25)27)23-16-5-1-2-6-17(16)24-11-9-20-15(13-24)10-12-29-20/h1-8,10,12H,9,11,13-14H2,(H,23,26). The number of oxazole rings is 1. The lowest BCUT2D eigenvalue weighted by atomic mass is 10.1. The summed E-state index contributed by atoms with van der Waals surface area (Å²) in [6.07, 6.45) is 1.01. The number of para-hydroxylation sites is 4. The number of carbonyl (C=O) groups excluding carboxylic acids is 1. The highest BCUT2D eigenvalue weighted by Gasteiger charge is 2.20. The van der Waals surface area contributed by atoms with Crippen molar-refractivity contribution in [3.05, 3.63) is 81.0 Å². The van der Waals surface area contributed by atoms with E-state index in [1.165, 1.54) is 15.0 Å². The summed E-state index contributed by atoms with van der Waals surface area (Å²) in [7, 11) is 0. The molecule has 0 unspecified atom stereocenters. The predicted octanol–water partition coefficient (Wildman–Crippen LogP) is 3.86. The highest BCUT2D eigenvalue weighted by molar-refractivity contribution is 7.10. The van der Waals surface area contributed by atoms with Crippen LogP contribution in [0.1, 0.15) is 10.4 Å². The lowest BCUT2D eigenvalue weighted by molar-refractivity contribution is -0.116. The zero-order valence-electron chi connectivity index (χ0n) is 15.6. The molecule has 1 aliphatic rings. The van der Waals surface area contributed by atoms with Gasteiger partial charge < -0.3 is 14.6 Å². The topological polar surface area (TPSA) is 67.5 Å². The van der Waals surface area contributed by atoms with Gasteiger partial charge in [-0.05, 0) is 47.7 Å². The van der Waals surface area contributed by atoms with Crippen LogP contribution in [-0.2, 0) is 24.3 Å². The summed E-state index contributed by atoms with van der Waals surface area (Å²) in [4.78, 5) is 28.6. The Labute approximate surface area is 171 Å². The molecule has 0 radical (unpaired) electrons. The van der Waals surface area contributed by atoms with Crippen LogP contribution < -0.4 is 16.0 Å². The normalized spacial score (nSPS) is 13.4. The number of nitrogens with zero attached hydrogens (tertiary/aromatic N) is 2. The first kappa shape index (κ1) is 17.8. The molecule has 29 heavy (non-hydrogen) atoms. The highest BCUT2D eigenvalue weighted by atomic mass is 32.1. The van der Waals surface area contributed by atoms with Crippen molar-refractivity contribution in [1.29, 1.82) is 0 Å². The van der Waals surface area contributed by atoms with Crippen LogP contribution in [0.2, 0.25) is 0 Å². The summed E-state index contributed by atoms with van der Waals surface area (Å²) in [5.74, 6) is -0.796. The molecule has 3 heterocycles. The molecule has 0 fully saturated rings. The van der Waals surface area contributed by atoms with Crippen LogP contribution >= 0.6 is 11.3 Å². The van der Waals surface area contributed by atoms with Crippen molar-refractivity contribution in [3.63, 3.8) is 0 Å². The van der Waals surface area contributed by atoms with Gasteiger partial charge in [-0.15, -0.1) is 11.3 Å². The van der Waals surface area contributed by atoms with Crippen molar-refractivity contribution in [2.24, 2.45) is 0 Å². The molecule has 7 heteroatoms. The second-order valence-corrected chi connectivity index (χ2v) is 8.03. The number of thiophene rings is 1. The molecular formula is C22H19N3O3S. The van der Waals surface area contributed by atoms with Crippen molar-refractivity contribution >= 4 is 39.7 Å². The number of amides is 1. The van der Waals surface area contributed by atoms with Crippen molar-refractivity contribution in [1.82, 2.24) is 4.57 Å². The molecule has 2 aromatic carbocycles. The molecule has 1 amide bonds. The van der Waals surface area contributed by atoms with Gasteiger partial charge in [0, 0.05) is 18.0 Å². The molecule has 1 N–H and O–H groups in total. The summed E-state index contributed by atoms with van der Waals surface area (Å²) >= 11 is 1.80. The molecule has 4 aromatic rings. The molecule has 0 spiro atoms. The molecule has 0 atom stereocenters. The monoisotopic (exact) mass is 405 g/mol. The van der Waals surface area contributed by atoms with Crippen LogP contribution in [0.3, 0.4) is 0 Å². The lowest BCUT2D eigenvalue weighted by Gasteiger charge is -2.30. The van der Waals surface area contributed by atoms with E-state index in [0.29, 0.717) is 11.1 Å². The van der Waals surface area contributed by atoms with E-state index in [-0.39, 0.29) is 12.5 Å². The van der Waals surface area contributed by atoms with Crippen molar-refractivity contribution in [3.8, 4) is 0 Å². The second-order valence-electron chi connectivity index (χ2n) is 7.03. The van der Waals surface area contributed by atoms with Gasteiger partial charge in [0.25, 0.3) is 0 Å². The zero-order valence-corrected chi connectivity index (χ0v) is 16.4. The fourth-order valence-corrected chi connectivity index (χ4v) is 4.70. The van der Waals surface area contributed by atoms with E-state index in [4.69, 9.17) is 4.42 Å². The van der Waals surface area contributed by atoms with Crippen LogP contribution in [0.4, 0.5) is 11.4 Å². The maximum Gasteiger partial charge on any atom is 0.420 e. The van der Waals surface area contributed by atoms with Gasteiger partial charge in [-0.3, -0.25) is 9.36 Å². The Bertz CT molecular complexity index is 1250. The number of hydrogen-bond donors (Lipinski definition) is 1. The number of fused-ring (bicyclic) bond motifs is 2. The maximum absolute atomic E-state index is 12.7. The fraction of sp³-hybridized carbons (Fsp3) is 0.182. The van der Waals surface area contributed by atoms with Gasteiger partial charge in [0.15, 0.2) is 5.58 Å². The third-order valence-corrected chi connectivity index (χ3v) is 6.22. The minimum Gasteiger partial charge on any atom is -0.408 e. The number of hydrogen-bond acceptors (Lipinski definition) is 5. The third-order valence-electron chi connectivity index (χ3n) is 5.20. The van der Waals surface area contributed by atoms with E-state index in [1.807, 2.05) is 30.3 Å². The molecular weight excluding hydrogens is 386 g/mol. The first-order valence-corrected chi connectivity index (χ1v) is 10.3. The Morgan fingerprint density at radius 1 is 1.10 bits per heavy atom. The van der Waals surface area contributed by atoms with Gasteiger partial charge in [-0.2, -0.15) is 0 Å². The van der Waals surface area contributed by atoms with E-state index in [0.717, 1.165) is 30.9 Å². The summed E-state index contributed by atoms with van der Waals surface area (Å²) < 4.78 is 6.57. The second kappa shape index (κ2) is 7.25. The van der Waals surface area contributed by atoms with E-state index >= 15 is 0 Å². The third kappa shape index (κ3) is 3.34. The highest BCUT2D eigenvalue weighted by Crippen LogP contribution is 2.32. The molecule has 2 aromatic heterocycles. The Morgan fingerprint density at radius 3 is 2.86 bits per heavy atom. The van der Waals surface area contributed by atoms with Gasteiger partial charge >= 0.3 is 5.76 Å². The molecule has 1 aliphatic heterocycles. The van der Waals surface area contributed by atoms with Gasteiger partial charge in [0.2, 0.25) is 5.91 Å². The Morgan fingerprint density at radius 2 is 1.93 bits per heavy atom. The summed E-state index contributed by atoms with van der Waals surface area (Å²) in [5, 5.41) is 5.11. The molecule has 6 nitrogen and oxygen atoms in total. The van der Waals surface area contributed by atoms with Crippen molar-refractivity contribution in [2.45, 2.75) is 19.5 Å². The van der Waals surface area contributed by atoms with Gasteiger partial charge in [0.1, 0.15) is 6.54 Å². The SMILES string of the molecule is O=C(Cn1c(=O)oc2ccccc21)Nc1ccccc1N1CCc2sccc2C1. The minimum absolute atomic E-state index is 0.0984. The molecule has 0 aliphatic carbocycles. The average Bonchev–Trinajstić information content (AvgIpc) is 3.32. The van der Waals surface area contributed by atoms with E-state index in [2.05, 4.69) is 21.7 Å². The van der Waals surface area contributed by atoms with Gasteiger partial charge in [-0.25, -0.2) is 4.79 Å². The fourth-order valence-electron chi connectivity index (χ4n) is 3.81. The first-order valence-electron chi connectivity index (χ1n) is 9.46. The largest absolute Gasteiger partial charge is 0.420 e. The number of nitrogens with one attached hydrogen (secondary N) is 1. The van der Waals surface area contributed by atoms with Gasteiger partial charge in [0.05, 0.1) is 16.9 Å². The van der Waals surface area contributed by atoms with E-state index in [9.17, 15) is 9.59 Å². The molecule has 5 rings (SSSR count). The number of benzene rings is 2. The summed E-state index contributed by atoms with van der Waals surface area (Å²) in [6, 6.07) is 17.1. The Kier molecular flexibility index (Phi) is 4.44. The lowest BCUT2D eigenvalue weighted by Crippen LogP contribution is -2.31. The first-order chi connectivity index (χ1) is 14.2. The van der Waals surface area contributed by atoms with E-state index in [1.54, 1.807) is 29.5 Å². The number of rotatable bonds is 4. The van der Waals surface area contributed by atoms with Crippen LogP contribution in [0.15, 0.2) is 69.2 Å². The maximum atomic E-state index is 12.7. The van der Waals surface area contributed by atoms with Crippen LogP contribution in [0.5, 0.6) is 0 Å². The summed E-state index contributed by atoms with van der Waals surface area (Å²) in [5.41, 5.74) is 4.17. The Hall–Kier alpha value is -3.32. The smallest absolute Gasteiger partial charge is 0.408 e. The van der Waals surface area contributed by atoms with Crippen molar-refractivity contribution in [2.75, 3.05) is 16.8 Å². The number of carbonyl (C=O) groups is 1. The zero-order chi connectivity index (χ0) is 19.8. The Balaban J connectivity index is 1.38. The van der Waals surface area contributed by atoms with Crippen LogP contribution in [0, 0.1) is 0 Å². The van der Waals surface area contributed by atoms with Crippen LogP contribution in [0.25, 0.3) is 11.1 Å². The molecule has 0 bridgehead atoms.